The Balaban J connectivity index is 1.46. The summed E-state index contributed by atoms with van der Waals surface area (Å²) in [5, 5.41) is 39.6. The van der Waals surface area contributed by atoms with Crippen LogP contribution in [0.5, 0.6) is 23.0 Å². The summed E-state index contributed by atoms with van der Waals surface area (Å²) in [7, 11) is 1.48. The highest BCUT2D eigenvalue weighted by Gasteiger charge is 2.44. The summed E-state index contributed by atoms with van der Waals surface area (Å²) in [6.45, 7) is -0.505. The number of benzene rings is 2. The van der Waals surface area contributed by atoms with Crippen molar-refractivity contribution >= 4 is 11.0 Å². The molecule has 2 aromatic carbocycles. The van der Waals surface area contributed by atoms with Crippen molar-refractivity contribution in [2.45, 2.75) is 30.7 Å². The van der Waals surface area contributed by atoms with Crippen LogP contribution in [0.1, 0.15) is 0 Å². The predicted molar refractivity (Wildman–Crippen MR) is 115 cm³/mol. The Kier molecular flexibility index (Phi) is 5.80. The molecule has 0 amide bonds. The van der Waals surface area contributed by atoms with E-state index in [4.69, 9.17) is 28.1 Å². The zero-order valence-corrected chi connectivity index (χ0v) is 17.9. The SMILES string of the molecule is COc1cc2c(cc1-c1coc3cc(O[C@H]4O[C@H](CO)[C@@H](O)[C@H](O)[C@H]4O)ccc3c1=O)OCO2. The average Bonchev–Trinajstić information content (AvgIpc) is 3.31. The van der Waals surface area contributed by atoms with Crippen LogP contribution in [0.2, 0.25) is 0 Å². The zero-order chi connectivity index (χ0) is 24.0. The van der Waals surface area contributed by atoms with Crippen LogP contribution < -0.4 is 24.4 Å². The van der Waals surface area contributed by atoms with E-state index in [1.165, 1.54) is 31.6 Å². The first-order chi connectivity index (χ1) is 16.4. The molecule has 5 atom stereocenters. The summed E-state index contributed by atoms with van der Waals surface area (Å²) in [4.78, 5) is 13.2. The first-order valence-electron chi connectivity index (χ1n) is 10.4. The van der Waals surface area contributed by atoms with E-state index in [9.17, 15) is 25.2 Å². The predicted octanol–water partition coefficient (Wildman–Crippen LogP) is 0.376. The highest BCUT2D eigenvalue weighted by molar-refractivity contribution is 5.84. The molecule has 1 saturated heterocycles. The maximum absolute atomic E-state index is 13.2. The molecule has 0 bridgehead atoms. The summed E-state index contributed by atoms with van der Waals surface area (Å²) in [5.74, 6) is 1.59. The number of fused-ring (bicyclic) bond motifs is 2. The van der Waals surface area contributed by atoms with Crippen LogP contribution in [0.4, 0.5) is 0 Å². The van der Waals surface area contributed by atoms with Crippen molar-refractivity contribution in [3.05, 3.63) is 46.8 Å². The van der Waals surface area contributed by atoms with Crippen molar-refractivity contribution < 1.29 is 48.5 Å². The monoisotopic (exact) mass is 474 g/mol. The van der Waals surface area contributed by atoms with E-state index in [0.717, 1.165) is 0 Å². The third kappa shape index (κ3) is 3.73. The van der Waals surface area contributed by atoms with Gasteiger partial charge in [0.15, 0.2) is 11.5 Å². The molecule has 2 aliphatic heterocycles. The fourth-order valence-corrected chi connectivity index (χ4v) is 3.97. The minimum Gasteiger partial charge on any atom is -0.496 e. The van der Waals surface area contributed by atoms with Gasteiger partial charge in [0.25, 0.3) is 0 Å². The molecule has 0 unspecified atom stereocenters. The molecule has 4 N–H and O–H groups in total. The molecule has 0 aliphatic carbocycles. The first kappa shape index (κ1) is 22.4. The van der Waals surface area contributed by atoms with Crippen LogP contribution in [0.25, 0.3) is 22.1 Å². The number of rotatable bonds is 5. The Morgan fingerprint density at radius 1 is 1.00 bits per heavy atom. The number of ether oxygens (including phenoxy) is 5. The molecule has 3 heterocycles. The van der Waals surface area contributed by atoms with Crippen molar-refractivity contribution in [1.82, 2.24) is 0 Å². The van der Waals surface area contributed by atoms with E-state index >= 15 is 0 Å². The van der Waals surface area contributed by atoms with Crippen molar-refractivity contribution in [2.24, 2.45) is 0 Å². The van der Waals surface area contributed by atoms with Crippen LogP contribution in [-0.4, -0.2) is 71.6 Å². The standard InChI is InChI=1S/C23H22O11/c1-29-14-6-17-16(31-9-32-17)5-12(14)13-8-30-15-4-10(2-3-11(15)19(13)25)33-23-22(28)21(27)20(26)18(7-24)34-23/h2-6,8,18,20-24,26-28H,7,9H2,1H3/t18-,20-,21+,22-,23+/m1/s1. The van der Waals surface area contributed by atoms with Crippen molar-refractivity contribution in [3.8, 4) is 34.1 Å². The van der Waals surface area contributed by atoms with Gasteiger partial charge >= 0.3 is 0 Å². The van der Waals surface area contributed by atoms with Gasteiger partial charge in [-0.1, -0.05) is 0 Å². The quantitative estimate of drug-likeness (QED) is 0.405. The Hall–Kier alpha value is -3.35. The molecule has 3 aromatic rings. The first-order valence-corrected chi connectivity index (χ1v) is 10.4. The Morgan fingerprint density at radius 2 is 1.76 bits per heavy atom. The molecule has 1 aromatic heterocycles. The molecule has 180 valence electrons. The second kappa shape index (κ2) is 8.78. The van der Waals surface area contributed by atoms with Crippen molar-refractivity contribution in [2.75, 3.05) is 20.5 Å². The van der Waals surface area contributed by atoms with Crippen LogP contribution in [0.3, 0.4) is 0 Å². The average molecular weight is 474 g/mol. The third-order valence-corrected chi connectivity index (χ3v) is 5.83. The lowest BCUT2D eigenvalue weighted by molar-refractivity contribution is -0.277. The second-order valence-corrected chi connectivity index (χ2v) is 7.86. The van der Waals surface area contributed by atoms with E-state index in [1.54, 1.807) is 12.1 Å². The van der Waals surface area contributed by atoms with Crippen LogP contribution in [0.15, 0.2) is 45.8 Å². The second-order valence-electron chi connectivity index (χ2n) is 7.86. The molecule has 0 spiro atoms. The highest BCUT2D eigenvalue weighted by atomic mass is 16.7. The maximum atomic E-state index is 13.2. The lowest BCUT2D eigenvalue weighted by atomic mass is 9.99. The molecule has 0 saturated carbocycles. The number of hydrogen-bond donors (Lipinski definition) is 4. The van der Waals surface area contributed by atoms with E-state index < -0.39 is 37.3 Å². The van der Waals surface area contributed by atoms with E-state index in [1.807, 2.05) is 0 Å². The van der Waals surface area contributed by atoms with E-state index in [0.29, 0.717) is 22.8 Å². The van der Waals surface area contributed by atoms with Gasteiger partial charge in [0.05, 0.1) is 24.7 Å². The summed E-state index contributed by atoms with van der Waals surface area (Å²) >= 11 is 0. The summed E-state index contributed by atoms with van der Waals surface area (Å²) < 4.78 is 32.8. The van der Waals surface area contributed by atoms with E-state index in [2.05, 4.69) is 0 Å². The summed E-state index contributed by atoms with van der Waals surface area (Å²) in [6, 6.07) is 7.68. The fraction of sp³-hybridized carbons (Fsp3) is 0.348. The van der Waals surface area contributed by atoms with Gasteiger partial charge in [0, 0.05) is 17.7 Å². The number of methoxy groups -OCH3 is 1. The molecule has 34 heavy (non-hydrogen) atoms. The van der Waals surface area contributed by atoms with Gasteiger partial charge < -0.3 is 48.5 Å². The highest BCUT2D eigenvalue weighted by Crippen LogP contribution is 2.42. The van der Waals surface area contributed by atoms with Gasteiger partial charge in [-0.25, -0.2) is 0 Å². The zero-order valence-electron chi connectivity index (χ0n) is 17.9. The Bertz CT molecular complexity index is 1270. The molecular weight excluding hydrogens is 452 g/mol. The third-order valence-electron chi connectivity index (χ3n) is 5.83. The van der Waals surface area contributed by atoms with E-state index in [-0.39, 0.29) is 34.5 Å². The molecule has 2 aliphatic rings. The molecule has 1 fully saturated rings. The fourth-order valence-electron chi connectivity index (χ4n) is 3.97. The summed E-state index contributed by atoms with van der Waals surface area (Å²) in [6.07, 6.45) is -5.82. The molecule has 11 nitrogen and oxygen atoms in total. The largest absolute Gasteiger partial charge is 0.496 e. The Morgan fingerprint density at radius 3 is 2.50 bits per heavy atom. The Labute approximate surface area is 192 Å². The van der Waals surface area contributed by atoms with Crippen LogP contribution in [-0.2, 0) is 4.74 Å². The van der Waals surface area contributed by atoms with Crippen molar-refractivity contribution in [3.63, 3.8) is 0 Å². The lowest BCUT2D eigenvalue weighted by Gasteiger charge is -2.39. The topological polar surface area (TPSA) is 157 Å². The normalized spacial score (nSPS) is 26.0. The van der Waals surface area contributed by atoms with Gasteiger partial charge in [-0.2, -0.15) is 0 Å². The number of aliphatic hydroxyl groups is 4. The van der Waals surface area contributed by atoms with Crippen LogP contribution >= 0.6 is 0 Å². The lowest BCUT2D eigenvalue weighted by Crippen LogP contribution is -2.60. The molecule has 0 radical (unpaired) electrons. The van der Waals surface area contributed by atoms with Gasteiger partial charge in [-0.15, -0.1) is 0 Å². The molecular formula is C23H22O11. The van der Waals surface area contributed by atoms with Gasteiger partial charge in [0.2, 0.25) is 18.5 Å². The minimum absolute atomic E-state index is 0.0749. The number of aliphatic hydroxyl groups excluding tert-OH is 4. The molecule has 11 heteroatoms. The maximum Gasteiger partial charge on any atom is 0.231 e. The van der Waals surface area contributed by atoms with Crippen LogP contribution in [0, 0.1) is 0 Å². The van der Waals surface area contributed by atoms with Gasteiger partial charge in [-0.3, -0.25) is 4.79 Å². The van der Waals surface area contributed by atoms with Gasteiger partial charge in [0.1, 0.15) is 47.8 Å². The van der Waals surface area contributed by atoms with Gasteiger partial charge in [-0.05, 0) is 18.2 Å². The molecule has 5 rings (SSSR count). The number of hydrogen-bond acceptors (Lipinski definition) is 11. The minimum atomic E-state index is -1.58. The summed E-state index contributed by atoms with van der Waals surface area (Å²) in [5.41, 5.74) is 0.614. The van der Waals surface area contributed by atoms with Crippen molar-refractivity contribution in [1.29, 1.82) is 0 Å². The smallest absolute Gasteiger partial charge is 0.231 e.